The average molecular weight is 195 g/mol. The lowest BCUT2D eigenvalue weighted by atomic mass is 9.92. The Labute approximate surface area is 83.1 Å². The Hall–Kier alpha value is -1.09. The Morgan fingerprint density at radius 1 is 1.50 bits per heavy atom. The van der Waals surface area contributed by atoms with Crippen LogP contribution in [0.4, 0.5) is 4.39 Å². The highest BCUT2D eigenvalue weighted by Crippen LogP contribution is 2.35. The zero-order chi connectivity index (χ0) is 10.1. The van der Waals surface area contributed by atoms with Crippen molar-refractivity contribution in [2.75, 3.05) is 13.7 Å². The summed E-state index contributed by atoms with van der Waals surface area (Å²) in [5, 5.41) is 3.23. The van der Waals surface area contributed by atoms with Gasteiger partial charge in [0.15, 0.2) is 0 Å². The lowest BCUT2D eigenvalue weighted by Gasteiger charge is -2.31. The molecule has 0 fully saturated rings. The van der Waals surface area contributed by atoms with E-state index in [9.17, 15) is 4.39 Å². The highest BCUT2D eigenvalue weighted by atomic mass is 19.1. The van der Waals surface area contributed by atoms with Gasteiger partial charge in [-0.15, -0.1) is 0 Å². The summed E-state index contributed by atoms with van der Waals surface area (Å²) in [5.41, 5.74) is 1.05. The second-order valence-corrected chi connectivity index (χ2v) is 3.74. The number of nitrogens with one attached hydrogen (secondary N) is 1. The Morgan fingerprint density at radius 3 is 3.00 bits per heavy atom. The van der Waals surface area contributed by atoms with E-state index in [0.29, 0.717) is 18.3 Å². The van der Waals surface area contributed by atoms with Crippen LogP contribution >= 0.6 is 0 Å². The van der Waals surface area contributed by atoms with Gasteiger partial charge < -0.3 is 10.1 Å². The number of hydrogen-bond acceptors (Lipinski definition) is 2. The Morgan fingerprint density at radius 2 is 2.29 bits per heavy atom. The second-order valence-electron chi connectivity index (χ2n) is 3.74. The van der Waals surface area contributed by atoms with Crippen molar-refractivity contribution in [1.29, 1.82) is 0 Å². The molecular weight excluding hydrogens is 181 g/mol. The fourth-order valence-electron chi connectivity index (χ4n) is 1.95. The van der Waals surface area contributed by atoms with Crippen LogP contribution in [-0.4, -0.2) is 13.7 Å². The molecule has 0 bridgehead atoms. The highest BCUT2D eigenvalue weighted by molar-refractivity contribution is 5.38. The van der Waals surface area contributed by atoms with Crippen molar-refractivity contribution < 1.29 is 9.13 Å². The van der Waals surface area contributed by atoms with E-state index in [2.05, 4.69) is 12.2 Å². The summed E-state index contributed by atoms with van der Waals surface area (Å²) in [4.78, 5) is 0. The molecule has 0 aliphatic carbocycles. The van der Waals surface area contributed by atoms with Gasteiger partial charge in [-0.25, -0.2) is 4.39 Å². The number of ether oxygens (including phenoxy) is 1. The van der Waals surface area contributed by atoms with E-state index in [-0.39, 0.29) is 11.9 Å². The summed E-state index contributed by atoms with van der Waals surface area (Å²) in [5.74, 6) is 0.841. The van der Waals surface area contributed by atoms with Gasteiger partial charge in [-0.2, -0.15) is 0 Å². The minimum Gasteiger partial charge on any atom is -0.493 e. The molecule has 1 aliphatic rings. The van der Waals surface area contributed by atoms with Crippen LogP contribution < -0.4 is 10.1 Å². The van der Waals surface area contributed by atoms with Crippen LogP contribution in [-0.2, 0) is 0 Å². The monoisotopic (exact) mass is 195 g/mol. The van der Waals surface area contributed by atoms with Gasteiger partial charge in [0, 0.05) is 23.6 Å². The minimum atomic E-state index is -0.242. The third-order valence-corrected chi connectivity index (χ3v) is 2.69. The maximum Gasteiger partial charge on any atom is 0.127 e. The van der Waals surface area contributed by atoms with Gasteiger partial charge in [0.1, 0.15) is 11.6 Å². The molecule has 76 valence electrons. The van der Waals surface area contributed by atoms with E-state index >= 15 is 0 Å². The summed E-state index contributed by atoms with van der Waals surface area (Å²) in [7, 11) is 1.92. The van der Waals surface area contributed by atoms with Crippen molar-refractivity contribution in [3.63, 3.8) is 0 Å². The van der Waals surface area contributed by atoms with Gasteiger partial charge in [-0.05, 0) is 13.1 Å². The minimum absolute atomic E-state index is 0.242. The first-order chi connectivity index (χ1) is 6.72. The van der Waals surface area contributed by atoms with Crippen LogP contribution in [0, 0.1) is 11.7 Å². The SMILES string of the molecule is CNC1c2ccc(F)cc2OCC1C. The molecule has 2 atom stereocenters. The molecule has 3 heteroatoms. The van der Waals surface area contributed by atoms with E-state index in [1.54, 1.807) is 6.07 Å². The Bertz CT molecular complexity index is 340. The van der Waals surface area contributed by atoms with Crippen LogP contribution in [0.2, 0.25) is 0 Å². The molecule has 14 heavy (non-hydrogen) atoms. The third kappa shape index (κ3) is 1.48. The maximum atomic E-state index is 12.9. The van der Waals surface area contributed by atoms with E-state index < -0.39 is 0 Å². The van der Waals surface area contributed by atoms with Gasteiger partial charge in [-0.3, -0.25) is 0 Å². The molecule has 1 aromatic rings. The first kappa shape index (κ1) is 9.46. The lowest BCUT2D eigenvalue weighted by molar-refractivity contribution is 0.192. The van der Waals surface area contributed by atoms with Crippen molar-refractivity contribution in [2.24, 2.45) is 5.92 Å². The first-order valence-electron chi connectivity index (χ1n) is 4.82. The fraction of sp³-hybridized carbons (Fsp3) is 0.455. The van der Waals surface area contributed by atoms with E-state index in [0.717, 1.165) is 5.56 Å². The molecule has 2 unspecified atom stereocenters. The molecule has 0 radical (unpaired) electrons. The van der Waals surface area contributed by atoms with Crippen LogP contribution in [0.5, 0.6) is 5.75 Å². The summed E-state index contributed by atoms with van der Waals surface area (Å²) in [6.07, 6.45) is 0. The summed E-state index contributed by atoms with van der Waals surface area (Å²) in [6.45, 7) is 2.76. The zero-order valence-corrected chi connectivity index (χ0v) is 8.38. The molecule has 1 aromatic carbocycles. The highest BCUT2D eigenvalue weighted by Gasteiger charge is 2.26. The largest absolute Gasteiger partial charge is 0.493 e. The molecular formula is C11H14FNO. The van der Waals surface area contributed by atoms with E-state index in [1.807, 2.05) is 7.05 Å². The fourth-order valence-corrected chi connectivity index (χ4v) is 1.95. The Balaban J connectivity index is 2.41. The predicted molar refractivity (Wildman–Crippen MR) is 52.9 cm³/mol. The smallest absolute Gasteiger partial charge is 0.127 e. The summed E-state index contributed by atoms with van der Waals surface area (Å²) in [6, 6.07) is 4.98. The van der Waals surface area contributed by atoms with Gasteiger partial charge >= 0.3 is 0 Å². The van der Waals surface area contributed by atoms with Crippen molar-refractivity contribution in [3.8, 4) is 5.75 Å². The normalized spacial score (nSPS) is 25.4. The molecule has 2 nitrogen and oxygen atoms in total. The Kier molecular flexibility index (Phi) is 2.42. The average Bonchev–Trinajstić information content (AvgIpc) is 2.18. The van der Waals surface area contributed by atoms with Crippen LogP contribution in [0.1, 0.15) is 18.5 Å². The molecule has 0 saturated heterocycles. The number of rotatable bonds is 1. The standard InChI is InChI=1S/C11H14FNO/c1-7-6-14-10-5-8(12)3-4-9(10)11(7)13-2/h3-5,7,11,13H,6H2,1-2H3. The maximum absolute atomic E-state index is 12.9. The van der Waals surface area contributed by atoms with Crippen LogP contribution in [0.3, 0.4) is 0 Å². The molecule has 0 spiro atoms. The number of fused-ring (bicyclic) bond motifs is 1. The molecule has 1 N–H and O–H groups in total. The van der Waals surface area contributed by atoms with Gasteiger partial charge in [0.05, 0.1) is 6.61 Å². The van der Waals surface area contributed by atoms with Crippen molar-refractivity contribution >= 4 is 0 Å². The zero-order valence-electron chi connectivity index (χ0n) is 8.38. The van der Waals surface area contributed by atoms with Crippen LogP contribution in [0.25, 0.3) is 0 Å². The molecule has 0 amide bonds. The van der Waals surface area contributed by atoms with Crippen molar-refractivity contribution in [1.82, 2.24) is 5.32 Å². The van der Waals surface area contributed by atoms with E-state index in [1.165, 1.54) is 12.1 Å². The molecule has 2 rings (SSSR count). The quantitative estimate of drug-likeness (QED) is 0.741. The van der Waals surface area contributed by atoms with Gasteiger partial charge in [-0.1, -0.05) is 13.0 Å². The molecule has 0 aromatic heterocycles. The van der Waals surface area contributed by atoms with Crippen LogP contribution in [0.15, 0.2) is 18.2 Å². The molecule has 0 saturated carbocycles. The predicted octanol–water partition coefficient (Wildman–Crippen LogP) is 2.11. The lowest BCUT2D eigenvalue weighted by Crippen LogP contribution is -2.31. The molecule has 1 aliphatic heterocycles. The van der Waals surface area contributed by atoms with E-state index in [4.69, 9.17) is 4.74 Å². The second kappa shape index (κ2) is 3.58. The first-order valence-corrected chi connectivity index (χ1v) is 4.82. The van der Waals surface area contributed by atoms with Crippen molar-refractivity contribution in [3.05, 3.63) is 29.6 Å². The summed E-state index contributed by atoms with van der Waals surface area (Å²) >= 11 is 0. The number of halogens is 1. The van der Waals surface area contributed by atoms with Crippen molar-refractivity contribution in [2.45, 2.75) is 13.0 Å². The van der Waals surface area contributed by atoms with Gasteiger partial charge in [0.2, 0.25) is 0 Å². The number of hydrogen-bond donors (Lipinski definition) is 1. The topological polar surface area (TPSA) is 21.3 Å². The third-order valence-electron chi connectivity index (χ3n) is 2.69. The summed E-state index contributed by atoms with van der Waals surface area (Å²) < 4.78 is 18.4. The van der Waals surface area contributed by atoms with Gasteiger partial charge in [0.25, 0.3) is 0 Å². The molecule has 1 heterocycles. The number of benzene rings is 1.